The van der Waals surface area contributed by atoms with Crippen molar-refractivity contribution in [1.82, 2.24) is 75.4 Å². The number of nitrogens with zero attached hydrogens (tertiary/aromatic N) is 13. The predicted molar refractivity (Wildman–Crippen MR) is 404 cm³/mol. The first kappa shape index (κ1) is 83.8. The smallest absolute Gasteiger partial charge is 0.325 e. The molecule has 8 aliphatic heterocycles. The number of amides is 12. The van der Waals surface area contributed by atoms with Crippen molar-refractivity contribution in [2.75, 3.05) is 90.3 Å². The summed E-state index contributed by atoms with van der Waals surface area (Å²) in [7, 11) is 7.82. The third-order valence-corrected chi connectivity index (χ3v) is 24.9. The van der Waals surface area contributed by atoms with Crippen molar-refractivity contribution in [2.45, 2.75) is 281 Å². The summed E-state index contributed by atoms with van der Waals surface area (Å²) in [5.41, 5.74) is -10.2. The van der Waals surface area contributed by atoms with Crippen LogP contribution < -0.4 is 31.1 Å². The SMILES string of the molecule is CC(=O)OC(CN1C(=O)NC2(CC(C)(C)N(C)C(C)(C)C2)C1=O)CN(CC(CN1C(=O)NC2(CC(C)(C)N(C)C(C)(C)C2)C1=O)OC(C)=O)c1nc(-c2ccccc2)nc(N(CC(CN2C(=O)NC3(CC(C)(C)N(C)C(C)(C)C3)C2=O)OC(C)=O)CC(CN2C(=O)NC3(CC(C)(C)N(C)C(C)(C)C3)C2=O)OC(C)=O)n1. The van der Waals surface area contributed by atoms with Crippen LogP contribution in [0.2, 0.25) is 0 Å². The molecule has 8 aliphatic rings. The largest absolute Gasteiger partial charge is 0.459 e. The number of likely N-dealkylation sites (tertiary alicyclic amines) is 4. The molecule has 0 bridgehead atoms. The van der Waals surface area contributed by atoms with Gasteiger partial charge in [0, 0.05) is 77.6 Å². The minimum Gasteiger partial charge on any atom is -0.459 e. The molecule has 110 heavy (non-hydrogen) atoms. The van der Waals surface area contributed by atoms with Gasteiger partial charge in [0.1, 0.15) is 46.6 Å². The third kappa shape index (κ3) is 16.2. The maximum atomic E-state index is 15.3. The summed E-state index contributed by atoms with van der Waals surface area (Å²) in [6, 6.07) is 5.46. The molecule has 4 unspecified atom stereocenters. The lowest BCUT2D eigenvalue weighted by Gasteiger charge is -2.56. The molecule has 33 nitrogen and oxygen atoms in total. The van der Waals surface area contributed by atoms with Crippen molar-refractivity contribution >= 4 is 83.5 Å². The maximum absolute atomic E-state index is 15.3. The van der Waals surface area contributed by atoms with Gasteiger partial charge in [0.15, 0.2) is 5.82 Å². The fraction of sp³-hybridized carbons (Fsp3) is 0.727. The summed E-state index contributed by atoms with van der Waals surface area (Å²) in [6.07, 6.45) is -4.24. The van der Waals surface area contributed by atoms with Crippen molar-refractivity contribution in [3.05, 3.63) is 30.3 Å². The Morgan fingerprint density at radius 3 is 0.745 bits per heavy atom. The Morgan fingerprint density at radius 2 is 0.555 bits per heavy atom. The lowest BCUT2D eigenvalue weighted by molar-refractivity contribution is -0.150. The lowest BCUT2D eigenvalue weighted by atomic mass is 9.69. The van der Waals surface area contributed by atoms with Gasteiger partial charge in [-0.15, -0.1) is 0 Å². The molecule has 0 radical (unpaired) electrons. The second-order valence-electron chi connectivity index (χ2n) is 37.2. The number of aromatic nitrogens is 3. The quantitative estimate of drug-likeness (QED) is 0.0633. The molecule has 8 fully saturated rings. The highest BCUT2D eigenvalue weighted by atomic mass is 16.6. The summed E-state index contributed by atoms with van der Waals surface area (Å²) in [6.45, 7) is 31.7. The highest BCUT2D eigenvalue weighted by Gasteiger charge is 2.65. The molecule has 33 heteroatoms. The van der Waals surface area contributed by atoms with Crippen LogP contribution in [0.15, 0.2) is 30.3 Å². The standard InChI is InChI=1S/C77H117N17O16/c1-46(95)107-51(34-91-56(99)74(81-62(91)103)38-66(5,6)85(21)67(7,8)39-74)30-89(31-52(108-47(2)96)35-92-57(100)75(82-63(92)104)40-68(9,10)86(22)69(11,12)41-75)60-78-55(50-28-26-25-27-29-50)79-61(80-60)90(32-53(109-48(3)97)36-93-58(101)76(83-64(93)105)42-70(13,14)87(23)71(15,16)43-76)33-54(110-49(4)98)37-94-59(102)77(84-65(94)106)44-72(17,18)88(24)73(19,20)45-77/h25-29,51-54H,30-45H2,1-24H3,(H,81,103)(H,82,104)(H,83,105)(H,84,106). The van der Waals surface area contributed by atoms with E-state index >= 15 is 19.2 Å². The van der Waals surface area contributed by atoms with E-state index in [9.17, 15) is 38.4 Å². The van der Waals surface area contributed by atoms with Gasteiger partial charge in [-0.2, -0.15) is 15.0 Å². The van der Waals surface area contributed by atoms with E-state index < -0.39 is 215 Å². The van der Waals surface area contributed by atoms with Crippen LogP contribution in [0.5, 0.6) is 0 Å². The fourth-order valence-electron chi connectivity index (χ4n) is 19.8. The molecule has 1 aromatic carbocycles. The first-order chi connectivity index (χ1) is 50.4. The van der Waals surface area contributed by atoms with Crippen molar-refractivity contribution in [3.8, 4) is 11.4 Å². The molecule has 0 saturated carbocycles. The van der Waals surface area contributed by atoms with Gasteiger partial charge in [0.25, 0.3) is 23.6 Å². The zero-order valence-corrected chi connectivity index (χ0v) is 68.9. The van der Waals surface area contributed by atoms with Gasteiger partial charge in [0.05, 0.1) is 52.4 Å². The Bertz CT molecular complexity index is 3530. The zero-order valence-electron chi connectivity index (χ0n) is 68.9. The number of hydrogen-bond donors (Lipinski definition) is 4. The number of esters is 4. The Kier molecular flexibility index (Phi) is 21.9. The number of anilines is 2. The van der Waals surface area contributed by atoms with E-state index in [1.807, 2.05) is 139 Å². The van der Waals surface area contributed by atoms with E-state index in [-0.39, 0.29) is 69.1 Å². The summed E-state index contributed by atoms with van der Waals surface area (Å²) in [5, 5.41) is 12.1. The van der Waals surface area contributed by atoms with Gasteiger partial charge < -0.3 is 50.0 Å². The van der Waals surface area contributed by atoms with Crippen LogP contribution in [0.1, 0.15) is 190 Å². The van der Waals surface area contributed by atoms with Gasteiger partial charge in [-0.3, -0.25) is 77.6 Å². The number of hydrogen-bond acceptors (Lipinski definition) is 25. The number of carbonyl (C=O) groups is 12. The average molecular weight is 1540 g/mol. The van der Waals surface area contributed by atoms with Crippen LogP contribution in [0.4, 0.5) is 31.1 Å². The highest BCUT2D eigenvalue weighted by Crippen LogP contribution is 2.50. The van der Waals surface area contributed by atoms with E-state index in [0.29, 0.717) is 5.56 Å². The Hall–Kier alpha value is -8.69. The van der Waals surface area contributed by atoms with Crippen molar-refractivity contribution in [1.29, 1.82) is 0 Å². The Balaban J connectivity index is 1.14. The second-order valence-corrected chi connectivity index (χ2v) is 37.2. The number of ether oxygens (including phenoxy) is 4. The molecular formula is C77H117N17O16. The van der Waals surface area contributed by atoms with E-state index in [2.05, 4.69) is 40.9 Å². The molecule has 2 aromatic rings. The summed E-state index contributed by atoms with van der Waals surface area (Å²) < 4.78 is 24.6. The first-order valence-electron chi connectivity index (χ1n) is 38.0. The van der Waals surface area contributed by atoms with Crippen molar-refractivity contribution in [3.63, 3.8) is 0 Å². The Morgan fingerprint density at radius 1 is 0.355 bits per heavy atom. The van der Waals surface area contributed by atoms with E-state index in [4.69, 9.17) is 33.9 Å². The fourth-order valence-corrected chi connectivity index (χ4v) is 19.8. The highest BCUT2D eigenvalue weighted by molar-refractivity contribution is 6.10. The summed E-state index contributed by atoms with van der Waals surface area (Å²) in [4.78, 5) is 205. The number of benzene rings is 1. The molecular weight excluding hydrogens is 1420 g/mol. The lowest BCUT2D eigenvalue weighted by Crippen LogP contribution is -2.68. The van der Waals surface area contributed by atoms with E-state index in [1.54, 1.807) is 30.3 Å². The topological polar surface area (TPSA) is 361 Å². The summed E-state index contributed by atoms with van der Waals surface area (Å²) >= 11 is 0. The van der Waals surface area contributed by atoms with Crippen molar-refractivity contribution < 1.29 is 76.5 Å². The minimum absolute atomic E-state index is 0.0825. The average Bonchev–Trinajstić information content (AvgIpc) is 1.53. The number of piperidine rings is 4. The maximum Gasteiger partial charge on any atom is 0.325 e. The zero-order chi connectivity index (χ0) is 81.9. The molecule has 0 aliphatic carbocycles. The molecule has 606 valence electrons. The van der Waals surface area contributed by atoms with Crippen LogP contribution in [0.3, 0.4) is 0 Å². The monoisotopic (exact) mass is 1540 g/mol. The Labute approximate surface area is 645 Å². The van der Waals surface area contributed by atoms with Crippen LogP contribution in [0, 0.1) is 0 Å². The number of nitrogens with one attached hydrogen (secondary N) is 4. The first-order valence-corrected chi connectivity index (χ1v) is 38.0. The molecule has 4 spiro atoms. The van der Waals surface area contributed by atoms with Gasteiger partial charge in [-0.25, -0.2) is 19.2 Å². The molecule has 4 atom stereocenters. The summed E-state index contributed by atoms with van der Waals surface area (Å²) in [5.74, 6) is -6.40. The van der Waals surface area contributed by atoms with Crippen LogP contribution in [-0.2, 0) is 57.3 Å². The number of imide groups is 4. The molecule has 4 N–H and O–H groups in total. The normalized spacial score (nSPS) is 24.9. The van der Waals surface area contributed by atoms with Crippen LogP contribution in [-0.4, -0.2) is 297 Å². The second kappa shape index (κ2) is 28.8. The minimum atomic E-state index is -1.48. The van der Waals surface area contributed by atoms with Gasteiger partial charge in [0.2, 0.25) is 11.9 Å². The molecule has 1 aromatic heterocycles. The van der Waals surface area contributed by atoms with E-state index in [1.165, 1.54) is 9.80 Å². The molecule has 10 rings (SSSR count). The molecule has 9 heterocycles. The van der Waals surface area contributed by atoms with Gasteiger partial charge >= 0.3 is 48.0 Å². The van der Waals surface area contributed by atoms with Crippen LogP contribution >= 0.6 is 0 Å². The van der Waals surface area contributed by atoms with Gasteiger partial charge in [-0.05, 0) is 190 Å². The van der Waals surface area contributed by atoms with Crippen LogP contribution in [0.25, 0.3) is 11.4 Å². The van der Waals surface area contributed by atoms with Gasteiger partial charge in [-0.1, -0.05) is 30.3 Å². The van der Waals surface area contributed by atoms with E-state index in [0.717, 1.165) is 47.3 Å². The molecule has 12 amide bonds. The molecule has 8 saturated heterocycles. The van der Waals surface area contributed by atoms with Crippen molar-refractivity contribution in [2.24, 2.45) is 0 Å². The predicted octanol–water partition coefficient (Wildman–Crippen LogP) is 5.17. The number of rotatable bonds is 23. The number of carbonyl (C=O) groups excluding carboxylic acids is 12. The third-order valence-electron chi connectivity index (χ3n) is 24.9. The number of urea groups is 4.